The fraction of sp³-hybridized carbons (Fsp3) is 0.588. The van der Waals surface area contributed by atoms with Crippen molar-refractivity contribution < 1.29 is 13.2 Å². The van der Waals surface area contributed by atoms with Crippen molar-refractivity contribution in [1.82, 2.24) is 9.80 Å². The molecule has 1 aromatic carbocycles. The summed E-state index contributed by atoms with van der Waals surface area (Å²) in [5.41, 5.74) is 0.350. The molecule has 0 spiro atoms. The van der Waals surface area contributed by atoms with E-state index in [0.717, 1.165) is 13.1 Å². The standard InChI is InChI=1S/C17H27N3O3S/c1-13(2)19-9-11-20(12-10-19)17(21)18-15-7-5-6-8-16(15)24(22,23)14(3)4/h5-8,13-14H,9-12H2,1-4H3,(H,18,21). The average Bonchev–Trinajstić information content (AvgIpc) is 2.55. The van der Waals surface area contributed by atoms with Crippen molar-refractivity contribution in [3.05, 3.63) is 24.3 Å². The quantitative estimate of drug-likeness (QED) is 0.902. The Morgan fingerprint density at radius 2 is 1.62 bits per heavy atom. The van der Waals surface area contributed by atoms with Crippen LogP contribution in [0, 0.1) is 0 Å². The minimum Gasteiger partial charge on any atom is -0.322 e. The van der Waals surface area contributed by atoms with Crippen LogP contribution in [-0.2, 0) is 9.84 Å². The van der Waals surface area contributed by atoms with Crippen molar-refractivity contribution in [2.45, 2.75) is 43.9 Å². The number of sulfone groups is 1. The second-order valence-corrected chi connectivity index (χ2v) is 9.11. The number of piperazine rings is 1. The zero-order valence-corrected chi connectivity index (χ0v) is 15.6. The van der Waals surface area contributed by atoms with Crippen molar-refractivity contribution in [3.63, 3.8) is 0 Å². The Morgan fingerprint density at radius 3 is 2.17 bits per heavy atom. The van der Waals surface area contributed by atoms with E-state index >= 15 is 0 Å². The molecule has 1 N–H and O–H groups in total. The summed E-state index contributed by atoms with van der Waals surface area (Å²) < 4.78 is 24.9. The van der Waals surface area contributed by atoms with E-state index in [-0.39, 0.29) is 10.9 Å². The fourth-order valence-electron chi connectivity index (χ4n) is 2.71. The Hall–Kier alpha value is -1.60. The molecule has 0 aliphatic carbocycles. The maximum atomic E-state index is 12.5. The first kappa shape index (κ1) is 18.7. The van der Waals surface area contributed by atoms with E-state index in [2.05, 4.69) is 24.1 Å². The molecule has 1 aliphatic heterocycles. The first-order chi connectivity index (χ1) is 11.2. The van der Waals surface area contributed by atoms with E-state index in [1.807, 2.05) is 0 Å². The molecule has 1 aliphatic rings. The number of hydrogen-bond acceptors (Lipinski definition) is 4. The van der Waals surface area contributed by atoms with Gasteiger partial charge in [0.2, 0.25) is 0 Å². The van der Waals surface area contributed by atoms with Gasteiger partial charge < -0.3 is 10.2 Å². The molecule has 0 aromatic heterocycles. The van der Waals surface area contributed by atoms with Crippen LogP contribution >= 0.6 is 0 Å². The molecule has 0 bridgehead atoms. The predicted molar refractivity (Wildman–Crippen MR) is 96.1 cm³/mol. The van der Waals surface area contributed by atoms with Crippen LogP contribution in [0.4, 0.5) is 10.5 Å². The number of nitrogens with zero attached hydrogens (tertiary/aromatic N) is 2. The number of hydrogen-bond donors (Lipinski definition) is 1. The van der Waals surface area contributed by atoms with Gasteiger partial charge in [0.05, 0.1) is 15.8 Å². The van der Waals surface area contributed by atoms with E-state index in [4.69, 9.17) is 0 Å². The van der Waals surface area contributed by atoms with Crippen LogP contribution in [0.5, 0.6) is 0 Å². The van der Waals surface area contributed by atoms with Gasteiger partial charge in [-0.05, 0) is 39.8 Å². The maximum absolute atomic E-state index is 12.5. The highest BCUT2D eigenvalue weighted by molar-refractivity contribution is 7.92. The Kier molecular flexibility index (Phi) is 5.87. The van der Waals surface area contributed by atoms with E-state index in [9.17, 15) is 13.2 Å². The van der Waals surface area contributed by atoms with Crippen LogP contribution in [-0.4, -0.2) is 61.7 Å². The Morgan fingerprint density at radius 1 is 1.04 bits per heavy atom. The van der Waals surface area contributed by atoms with Crippen LogP contribution in [0.1, 0.15) is 27.7 Å². The molecular weight excluding hydrogens is 326 g/mol. The van der Waals surface area contributed by atoms with Crippen LogP contribution < -0.4 is 5.32 Å². The molecule has 1 aromatic rings. The summed E-state index contributed by atoms with van der Waals surface area (Å²) in [6.45, 7) is 10.5. The summed E-state index contributed by atoms with van der Waals surface area (Å²) >= 11 is 0. The highest BCUT2D eigenvalue weighted by Gasteiger charge is 2.26. The minimum atomic E-state index is -3.45. The average molecular weight is 353 g/mol. The lowest BCUT2D eigenvalue weighted by Gasteiger charge is -2.36. The predicted octanol–water partition coefficient (Wildman–Crippen LogP) is 2.43. The third-order valence-corrected chi connectivity index (χ3v) is 6.60. The topological polar surface area (TPSA) is 69.7 Å². The van der Waals surface area contributed by atoms with E-state index in [1.54, 1.807) is 43.0 Å². The highest BCUT2D eigenvalue weighted by atomic mass is 32.2. The van der Waals surface area contributed by atoms with Crippen molar-refractivity contribution in [2.24, 2.45) is 0 Å². The third kappa shape index (κ3) is 4.08. The Bertz CT molecular complexity index is 678. The number of benzene rings is 1. The van der Waals surface area contributed by atoms with Crippen molar-refractivity contribution >= 4 is 21.6 Å². The van der Waals surface area contributed by atoms with Gasteiger partial charge in [0, 0.05) is 32.2 Å². The fourth-order valence-corrected chi connectivity index (χ4v) is 3.91. The second kappa shape index (κ2) is 7.53. The molecule has 24 heavy (non-hydrogen) atoms. The maximum Gasteiger partial charge on any atom is 0.321 e. The number of nitrogens with one attached hydrogen (secondary N) is 1. The van der Waals surface area contributed by atoms with Crippen LogP contribution in [0.3, 0.4) is 0 Å². The molecule has 1 fully saturated rings. The lowest BCUT2D eigenvalue weighted by atomic mass is 10.2. The Balaban J connectivity index is 2.11. The lowest BCUT2D eigenvalue weighted by Crippen LogP contribution is -2.51. The monoisotopic (exact) mass is 353 g/mol. The molecule has 2 rings (SSSR count). The van der Waals surface area contributed by atoms with Crippen LogP contribution in [0.2, 0.25) is 0 Å². The summed E-state index contributed by atoms with van der Waals surface area (Å²) in [6.07, 6.45) is 0. The third-order valence-electron chi connectivity index (χ3n) is 4.39. The smallest absolute Gasteiger partial charge is 0.321 e. The zero-order valence-electron chi connectivity index (χ0n) is 14.8. The van der Waals surface area contributed by atoms with Crippen LogP contribution in [0.25, 0.3) is 0 Å². The zero-order chi connectivity index (χ0) is 17.9. The molecule has 1 saturated heterocycles. The molecule has 0 saturated carbocycles. The number of rotatable bonds is 4. The summed E-state index contributed by atoms with van der Waals surface area (Å²) in [5.74, 6) is 0. The second-order valence-electron chi connectivity index (χ2n) is 6.64. The largest absolute Gasteiger partial charge is 0.322 e. The molecule has 0 unspecified atom stereocenters. The van der Waals surface area contributed by atoms with E-state index < -0.39 is 15.1 Å². The molecule has 6 nitrogen and oxygen atoms in total. The van der Waals surface area contributed by atoms with Gasteiger partial charge >= 0.3 is 6.03 Å². The van der Waals surface area contributed by atoms with Gasteiger partial charge in [-0.25, -0.2) is 13.2 Å². The van der Waals surface area contributed by atoms with Gasteiger partial charge in [0.1, 0.15) is 0 Å². The molecule has 134 valence electrons. The highest BCUT2D eigenvalue weighted by Crippen LogP contribution is 2.25. The van der Waals surface area contributed by atoms with Gasteiger partial charge in [-0.15, -0.1) is 0 Å². The van der Waals surface area contributed by atoms with Gasteiger partial charge in [-0.3, -0.25) is 4.90 Å². The molecule has 1 heterocycles. The molecule has 0 radical (unpaired) electrons. The molecular formula is C17H27N3O3S. The van der Waals surface area contributed by atoms with Crippen molar-refractivity contribution in [2.75, 3.05) is 31.5 Å². The van der Waals surface area contributed by atoms with Gasteiger partial charge in [-0.1, -0.05) is 12.1 Å². The van der Waals surface area contributed by atoms with Crippen LogP contribution in [0.15, 0.2) is 29.2 Å². The lowest BCUT2D eigenvalue weighted by molar-refractivity contribution is 0.125. The molecule has 0 atom stereocenters. The SMILES string of the molecule is CC(C)N1CCN(C(=O)Nc2ccccc2S(=O)(=O)C(C)C)CC1. The summed E-state index contributed by atoms with van der Waals surface area (Å²) in [4.78, 5) is 16.7. The van der Waals surface area contributed by atoms with E-state index in [0.29, 0.717) is 24.8 Å². The first-order valence-electron chi connectivity index (χ1n) is 8.36. The number of amides is 2. The Labute approximate surface area is 144 Å². The molecule has 2 amide bonds. The summed E-state index contributed by atoms with van der Waals surface area (Å²) in [7, 11) is -3.45. The number of carbonyl (C=O) groups is 1. The van der Waals surface area contributed by atoms with Crippen molar-refractivity contribution in [1.29, 1.82) is 0 Å². The minimum absolute atomic E-state index is 0.175. The molecule has 7 heteroatoms. The van der Waals surface area contributed by atoms with Gasteiger partial charge in [0.15, 0.2) is 9.84 Å². The number of carbonyl (C=O) groups excluding carboxylic acids is 1. The van der Waals surface area contributed by atoms with Gasteiger partial charge in [0.25, 0.3) is 0 Å². The summed E-state index contributed by atoms with van der Waals surface area (Å²) in [6, 6.07) is 6.80. The first-order valence-corrected chi connectivity index (χ1v) is 9.91. The number of anilines is 1. The van der Waals surface area contributed by atoms with Crippen molar-refractivity contribution in [3.8, 4) is 0 Å². The normalized spacial score (nSPS) is 16.7. The van der Waals surface area contributed by atoms with Gasteiger partial charge in [-0.2, -0.15) is 0 Å². The summed E-state index contributed by atoms with van der Waals surface area (Å²) in [5, 5.41) is 2.24. The number of para-hydroxylation sites is 1. The van der Waals surface area contributed by atoms with E-state index in [1.165, 1.54) is 0 Å². The number of urea groups is 1.